The van der Waals surface area contributed by atoms with Crippen LogP contribution in [0.2, 0.25) is 0 Å². The molecule has 0 radical (unpaired) electrons. The van der Waals surface area contributed by atoms with E-state index in [4.69, 9.17) is 9.47 Å². The highest BCUT2D eigenvalue weighted by molar-refractivity contribution is 7.13. The van der Waals surface area contributed by atoms with E-state index in [1.807, 2.05) is 0 Å². The molecule has 13 nitrogen and oxygen atoms in total. The lowest BCUT2D eigenvalue weighted by Gasteiger charge is -2.25. The molecule has 3 rings (SSSR count). The number of rotatable bonds is 12. The van der Waals surface area contributed by atoms with E-state index in [1.54, 1.807) is 34.6 Å². The van der Waals surface area contributed by atoms with Crippen molar-refractivity contribution in [1.82, 2.24) is 20.3 Å². The summed E-state index contributed by atoms with van der Waals surface area (Å²) >= 11 is 1.22. The summed E-state index contributed by atoms with van der Waals surface area (Å²) in [4.78, 5) is 73.6. The molecular formula is C27H38N6O7S. The van der Waals surface area contributed by atoms with Crippen LogP contribution < -0.4 is 21.5 Å². The van der Waals surface area contributed by atoms with Crippen LogP contribution in [0.5, 0.6) is 0 Å². The quantitative estimate of drug-likeness (QED) is 0.268. The standard InChI is InChI=1S/C27H38N6O7S/c1-6-39-20(34)11-9-17(24(37)40-7-2)30-23(36)18-14-28-19(41-18)10-8-15-12-16-21(29-13-15)31-26(32-22(16)35)33-25(38)27(3,4)5/h14-15,17H,6-13H2,1-5H3,(H,30,36)(H3,29,31,32,33,35,38)/t15?,17-/m0/s1. The predicted octanol–water partition coefficient (Wildman–Crippen LogP) is 2.43. The van der Waals surface area contributed by atoms with Gasteiger partial charge in [-0.05, 0) is 45.4 Å². The van der Waals surface area contributed by atoms with E-state index in [-0.39, 0.29) is 49.4 Å². The van der Waals surface area contributed by atoms with Gasteiger partial charge < -0.3 is 20.1 Å². The number of carbonyl (C=O) groups excluding carboxylic acids is 4. The van der Waals surface area contributed by atoms with Crippen molar-refractivity contribution in [2.45, 2.75) is 72.8 Å². The smallest absolute Gasteiger partial charge is 0.328 e. The van der Waals surface area contributed by atoms with E-state index in [2.05, 4.69) is 30.9 Å². The molecule has 2 atom stereocenters. The van der Waals surface area contributed by atoms with Crippen LogP contribution in [0.25, 0.3) is 0 Å². The van der Waals surface area contributed by atoms with Crippen molar-refractivity contribution in [2.75, 3.05) is 30.4 Å². The Kier molecular flexibility index (Phi) is 11.0. The Bertz CT molecular complexity index is 1320. The SMILES string of the molecule is CCOC(=O)CC[C@H](NC(=O)c1cnc(CCC2CNc3nc(NC(=O)C(C)(C)C)[nH]c(=O)c3C2)s1)C(=O)OCC. The fourth-order valence-corrected chi connectivity index (χ4v) is 4.90. The Morgan fingerprint density at radius 2 is 1.90 bits per heavy atom. The van der Waals surface area contributed by atoms with E-state index in [0.29, 0.717) is 42.1 Å². The van der Waals surface area contributed by atoms with Gasteiger partial charge in [-0.3, -0.25) is 29.5 Å². The van der Waals surface area contributed by atoms with Crippen LogP contribution in [0.15, 0.2) is 11.0 Å². The highest BCUT2D eigenvalue weighted by atomic mass is 32.1. The number of hydrogen-bond donors (Lipinski definition) is 4. The first kappa shape index (κ1) is 31.7. The molecule has 0 spiro atoms. The molecule has 0 fully saturated rings. The van der Waals surface area contributed by atoms with Crippen molar-refractivity contribution in [3.63, 3.8) is 0 Å². The van der Waals surface area contributed by atoms with Crippen LogP contribution in [-0.4, -0.2) is 64.5 Å². The fraction of sp³-hybridized carbons (Fsp3) is 0.593. The van der Waals surface area contributed by atoms with Crippen molar-refractivity contribution >= 4 is 46.9 Å². The molecule has 1 aliphatic heterocycles. The average Bonchev–Trinajstić information content (AvgIpc) is 3.39. The topological polar surface area (TPSA) is 181 Å². The van der Waals surface area contributed by atoms with Crippen LogP contribution in [0, 0.1) is 11.3 Å². The first-order valence-corrected chi connectivity index (χ1v) is 14.5. The van der Waals surface area contributed by atoms with Crippen molar-refractivity contribution in [2.24, 2.45) is 11.3 Å². The molecule has 0 aliphatic carbocycles. The van der Waals surface area contributed by atoms with Gasteiger partial charge in [-0.2, -0.15) is 4.98 Å². The number of amides is 2. The number of esters is 2. The van der Waals surface area contributed by atoms with Crippen LogP contribution in [-0.2, 0) is 36.7 Å². The molecule has 2 amide bonds. The minimum absolute atomic E-state index is 0.0324. The largest absolute Gasteiger partial charge is 0.466 e. The Labute approximate surface area is 242 Å². The van der Waals surface area contributed by atoms with E-state index in [1.165, 1.54) is 17.5 Å². The van der Waals surface area contributed by atoms with Crippen LogP contribution in [0.3, 0.4) is 0 Å². The second kappa shape index (κ2) is 14.2. The highest BCUT2D eigenvalue weighted by Crippen LogP contribution is 2.25. The molecule has 1 aliphatic rings. The maximum Gasteiger partial charge on any atom is 0.328 e. The minimum atomic E-state index is -0.986. The summed E-state index contributed by atoms with van der Waals surface area (Å²) < 4.78 is 9.95. The number of hydrogen-bond acceptors (Lipinski definition) is 11. The molecule has 4 N–H and O–H groups in total. The van der Waals surface area contributed by atoms with Gasteiger partial charge in [0.15, 0.2) is 0 Å². The number of carbonyl (C=O) groups is 4. The number of H-pyrrole nitrogens is 1. The van der Waals surface area contributed by atoms with Gasteiger partial charge in [-0.15, -0.1) is 11.3 Å². The third-order valence-corrected chi connectivity index (χ3v) is 7.40. The van der Waals surface area contributed by atoms with Gasteiger partial charge in [-0.25, -0.2) is 9.78 Å². The summed E-state index contributed by atoms with van der Waals surface area (Å²) in [5, 5.41) is 9.23. The molecule has 2 aromatic rings. The number of fused-ring (bicyclic) bond motifs is 1. The van der Waals surface area contributed by atoms with Crippen LogP contribution in [0.4, 0.5) is 11.8 Å². The first-order valence-electron chi connectivity index (χ1n) is 13.7. The van der Waals surface area contributed by atoms with Gasteiger partial charge in [0.2, 0.25) is 11.9 Å². The monoisotopic (exact) mass is 590 g/mol. The number of ether oxygens (including phenoxy) is 2. The summed E-state index contributed by atoms with van der Waals surface area (Å²) in [6, 6.07) is -0.986. The molecular weight excluding hydrogens is 552 g/mol. The van der Waals surface area contributed by atoms with E-state index in [9.17, 15) is 24.0 Å². The Hall–Kier alpha value is -3.81. The third-order valence-electron chi connectivity index (χ3n) is 6.34. The minimum Gasteiger partial charge on any atom is -0.466 e. The zero-order chi connectivity index (χ0) is 30.2. The lowest BCUT2D eigenvalue weighted by Crippen LogP contribution is -2.42. The summed E-state index contributed by atoms with van der Waals surface area (Å²) in [6.45, 7) is 9.64. The van der Waals surface area contributed by atoms with Crippen molar-refractivity contribution in [1.29, 1.82) is 0 Å². The molecule has 3 heterocycles. The number of anilines is 2. The molecule has 0 bridgehead atoms. The van der Waals surface area contributed by atoms with E-state index < -0.39 is 29.3 Å². The summed E-state index contributed by atoms with van der Waals surface area (Å²) in [7, 11) is 0. The molecule has 0 aromatic carbocycles. The third kappa shape index (κ3) is 9.10. The van der Waals surface area contributed by atoms with Crippen molar-refractivity contribution in [3.8, 4) is 0 Å². The number of thiazole rings is 1. The predicted molar refractivity (Wildman–Crippen MR) is 153 cm³/mol. The lowest BCUT2D eigenvalue weighted by atomic mass is 9.92. The zero-order valence-corrected chi connectivity index (χ0v) is 24.9. The molecule has 0 saturated heterocycles. The zero-order valence-electron chi connectivity index (χ0n) is 24.0. The number of aromatic amines is 1. The van der Waals surface area contributed by atoms with Gasteiger partial charge in [0, 0.05) is 18.4 Å². The maximum absolute atomic E-state index is 12.8. The maximum atomic E-state index is 12.8. The van der Waals surface area contributed by atoms with Gasteiger partial charge >= 0.3 is 11.9 Å². The van der Waals surface area contributed by atoms with Gasteiger partial charge in [0.25, 0.3) is 11.5 Å². The Morgan fingerprint density at radius 3 is 2.59 bits per heavy atom. The summed E-state index contributed by atoms with van der Waals surface area (Å²) in [5.74, 6) is -1.09. The molecule has 14 heteroatoms. The Morgan fingerprint density at radius 1 is 1.17 bits per heavy atom. The highest BCUT2D eigenvalue weighted by Gasteiger charge is 2.27. The van der Waals surface area contributed by atoms with Crippen molar-refractivity contribution < 1.29 is 28.7 Å². The van der Waals surface area contributed by atoms with E-state index in [0.717, 1.165) is 5.01 Å². The van der Waals surface area contributed by atoms with E-state index >= 15 is 0 Å². The molecule has 0 saturated carbocycles. The number of aryl methyl sites for hydroxylation is 1. The molecule has 224 valence electrons. The molecule has 2 aromatic heterocycles. The average molecular weight is 591 g/mol. The number of nitrogens with zero attached hydrogens (tertiary/aromatic N) is 2. The second-order valence-electron chi connectivity index (χ2n) is 10.7. The van der Waals surface area contributed by atoms with Crippen molar-refractivity contribution in [3.05, 3.63) is 32.0 Å². The first-order chi connectivity index (χ1) is 19.4. The molecule has 41 heavy (non-hydrogen) atoms. The number of aromatic nitrogens is 3. The molecule has 1 unspecified atom stereocenters. The normalized spacial score (nSPS) is 15.2. The van der Waals surface area contributed by atoms with Crippen LogP contribution >= 0.6 is 11.3 Å². The summed E-state index contributed by atoms with van der Waals surface area (Å²) in [5.41, 5.74) is -0.401. The van der Waals surface area contributed by atoms with Gasteiger partial charge in [0.1, 0.15) is 16.7 Å². The number of nitrogens with one attached hydrogen (secondary N) is 4. The second-order valence-corrected chi connectivity index (χ2v) is 11.8. The Balaban J connectivity index is 1.56. The van der Waals surface area contributed by atoms with Crippen LogP contribution in [0.1, 0.15) is 74.1 Å². The summed E-state index contributed by atoms with van der Waals surface area (Å²) in [6.07, 6.45) is 3.31. The fourth-order valence-electron chi connectivity index (χ4n) is 4.07. The lowest BCUT2D eigenvalue weighted by molar-refractivity contribution is -0.146. The van der Waals surface area contributed by atoms with Gasteiger partial charge in [0.05, 0.1) is 30.0 Å². The van der Waals surface area contributed by atoms with Gasteiger partial charge in [-0.1, -0.05) is 20.8 Å².